The third kappa shape index (κ3) is 5.12. The van der Waals surface area contributed by atoms with Crippen LogP contribution >= 0.6 is 0 Å². The van der Waals surface area contributed by atoms with Crippen molar-refractivity contribution in [2.75, 3.05) is 79.3 Å². The van der Waals surface area contributed by atoms with Gasteiger partial charge in [-0.15, -0.1) is 0 Å². The maximum atomic E-state index is 5.99. The summed E-state index contributed by atoms with van der Waals surface area (Å²) in [7, 11) is 1.88. The highest BCUT2D eigenvalue weighted by molar-refractivity contribution is 5.80. The maximum absolute atomic E-state index is 5.99. The van der Waals surface area contributed by atoms with Crippen LogP contribution in [0.15, 0.2) is 21.5 Å². The number of hydrogen-bond acceptors (Lipinski definition) is 6. The van der Waals surface area contributed by atoms with Gasteiger partial charge in [0, 0.05) is 58.9 Å². The van der Waals surface area contributed by atoms with Crippen molar-refractivity contribution in [2.24, 2.45) is 4.99 Å². The molecule has 0 aliphatic carbocycles. The van der Waals surface area contributed by atoms with Crippen LogP contribution in [0.5, 0.6) is 0 Å². The molecule has 0 radical (unpaired) electrons. The summed E-state index contributed by atoms with van der Waals surface area (Å²) in [4.78, 5) is 12.0. The van der Waals surface area contributed by atoms with Gasteiger partial charge in [0.2, 0.25) is 0 Å². The van der Waals surface area contributed by atoms with Crippen molar-refractivity contribution >= 4 is 5.96 Å². The lowest BCUT2D eigenvalue weighted by atomic mass is 10.1. The molecule has 1 aromatic heterocycles. The number of ether oxygens (including phenoxy) is 2. The first kappa shape index (κ1) is 20.7. The van der Waals surface area contributed by atoms with Crippen molar-refractivity contribution in [3.8, 4) is 0 Å². The van der Waals surface area contributed by atoms with Crippen molar-refractivity contribution in [3.63, 3.8) is 0 Å². The van der Waals surface area contributed by atoms with E-state index >= 15 is 0 Å². The molecule has 3 fully saturated rings. The average Bonchev–Trinajstić information content (AvgIpc) is 3.42. The first-order chi connectivity index (χ1) is 14.2. The largest absolute Gasteiger partial charge is 0.465 e. The molecule has 29 heavy (non-hydrogen) atoms. The van der Waals surface area contributed by atoms with Crippen LogP contribution in [0.1, 0.15) is 24.0 Å². The molecule has 162 valence electrons. The van der Waals surface area contributed by atoms with Gasteiger partial charge in [-0.05, 0) is 25.5 Å². The predicted octanol–water partition coefficient (Wildman–Crippen LogP) is 0.943. The molecule has 1 aromatic rings. The van der Waals surface area contributed by atoms with Crippen molar-refractivity contribution in [3.05, 3.63) is 23.7 Å². The van der Waals surface area contributed by atoms with Gasteiger partial charge in [-0.25, -0.2) is 0 Å². The van der Waals surface area contributed by atoms with E-state index in [4.69, 9.17) is 13.9 Å². The summed E-state index contributed by atoms with van der Waals surface area (Å²) in [5.41, 5.74) is 0. The van der Waals surface area contributed by atoms with Crippen molar-refractivity contribution < 1.29 is 13.9 Å². The zero-order valence-electron chi connectivity index (χ0n) is 17.8. The molecule has 1 N–H and O–H groups in total. The van der Waals surface area contributed by atoms with E-state index in [1.165, 1.54) is 6.42 Å². The number of aliphatic imine (C=N–C) groups is 1. The molecular weight excluding hydrogens is 370 g/mol. The Morgan fingerprint density at radius 3 is 2.48 bits per heavy atom. The number of nitrogens with zero attached hydrogens (tertiary/aromatic N) is 4. The maximum Gasteiger partial charge on any atom is 0.193 e. The van der Waals surface area contributed by atoms with Crippen LogP contribution < -0.4 is 5.32 Å². The second-order valence-corrected chi connectivity index (χ2v) is 8.08. The molecule has 8 heteroatoms. The van der Waals surface area contributed by atoms with Gasteiger partial charge in [0.15, 0.2) is 5.96 Å². The number of rotatable bonds is 5. The van der Waals surface area contributed by atoms with Gasteiger partial charge < -0.3 is 24.1 Å². The Morgan fingerprint density at radius 1 is 1.10 bits per heavy atom. The fraction of sp³-hybridized carbons (Fsp3) is 0.762. The fourth-order valence-electron chi connectivity index (χ4n) is 4.63. The number of furan rings is 1. The van der Waals surface area contributed by atoms with Crippen molar-refractivity contribution in [1.29, 1.82) is 0 Å². The Balaban J connectivity index is 1.36. The molecule has 4 rings (SSSR count). The Kier molecular flexibility index (Phi) is 7.07. The molecule has 3 aliphatic rings. The van der Waals surface area contributed by atoms with Gasteiger partial charge in [-0.1, -0.05) is 0 Å². The lowest BCUT2D eigenvalue weighted by Gasteiger charge is -2.34. The molecule has 3 saturated heterocycles. The van der Waals surface area contributed by atoms with E-state index in [0.29, 0.717) is 6.04 Å². The Bertz CT molecular complexity index is 667. The standard InChI is InChI=1S/C21H35N5O3/c1-17-3-4-20(29-17)19(25-9-13-28-14-10-25)15-23-21(22-2)26-6-5-18(16-26)24-7-11-27-12-8-24/h3-4,18-19H,5-16H2,1-2H3,(H,22,23). The lowest BCUT2D eigenvalue weighted by Crippen LogP contribution is -2.48. The molecule has 2 unspecified atom stereocenters. The number of likely N-dealkylation sites (tertiary alicyclic amines) is 1. The molecule has 0 aromatic carbocycles. The summed E-state index contributed by atoms with van der Waals surface area (Å²) in [5, 5.41) is 3.63. The highest BCUT2D eigenvalue weighted by Crippen LogP contribution is 2.24. The van der Waals surface area contributed by atoms with E-state index in [0.717, 1.165) is 89.7 Å². The number of hydrogen-bond donors (Lipinski definition) is 1. The van der Waals surface area contributed by atoms with E-state index in [-0.39, 0.29) is 6.04 Å². The Morgan fingerprint density at radius 2 is 1.83 bits per heavy atom. The number of aryl methyl sites for hydroxylation is 1. The molecular formula is C21H35N5O3. The van der Waals surface area contributed by atoms with Crippen LogP contribution in [0.3, 0.4) is 0 Å². The summed E-state index contributed by atoms with van der Waals surface area (Å²) < 4.78 is 17.0. The second kappa shape index (κ2) is 9.93. The average molecular weight is 406 g/mol. The molecule has 8 nitrogen and oxygen atoms in total. The summed E-state index contributed by atoms with van der Waals surface area (Å²) >= 11 is 0. The first-order valence-electron chi connectivity index (χ1n) is 10.9. The van der Waals surface area contributed by atoms with Gasteiger partial charge >= 0.3 is 0 Å². The highest BCUT2D eigenvalue weighted by atomic mass is 16.5. The summed E-state index contributed by atoms with van der Waals surface area (Å²) in [5.74, 6) is 2.96. The fourth-order valence-corrected chi connectivity index (χ4v) is 4.63. The molecule has 0 saturated carbocycles. The smallest absolute Gasteiger partial charge is 0.193 e. The molecule has 2 atom stereocenters. The third-order valence-electron chi connectivity index (χ3n) is 6.27. The summed E-state index contributed by atoms with van der Waals surface area (Å²) in [6.07, 6.45) is 1.19. The minimum absolute atomic E-state index is 0.182. The van der Waals surface area contributed by atoms with Gasteiger partial charge in [0.1, 0.15) is 11.5 Å². The minimum Gasteiger partial charge on any atom is -0.465 e. The predicted molar refractivity (Wildman–Crippen MR) is 112 cm³/mol. The van der Waals surface area contributed by atoms with E-state index in [9.17, 15) is 0 Å². The zero-order valence-corrected chi connectivity index (χ0v) is 17.8. The van der Waals surface area contributed by atoms with Crippen molar-refractivity contribution in [1.82, 2.24) is 20.0 Å². The normalized spacial score (nSPS) is 26.1. The van der Waals surface area contributed by atoms with Crippen molar-refractivity contribution in [2.45, 2.75) is 25.4 Å². The van der Waals surface area contributed by atoms with Crippen LogP contribution in [0.25, 0.3) is 0 Å². The summed E-state index contributed by atoms with van der Waals surface area (Å²) in [6, 6.07) is 4.93. The van der Waals surface area contributed by atoms with Crippen LogP contribution in [0.2, 0.25) is 0 Å². The SMILES string of the molecule is CN=C(NCC(c1ccc(C)o1)N1CCOCC1)N1CCC(N2CCOCC2)C1. The Hall–Kier alpha value is -1.61. The quantitative estimate of drug-likeness (QED) is 0.578. The number of morpholine rings is 2. The van der Waals surface area contributed by atoms with Crippen LogP contribution in [0, 0.1) is 6.92 Å². The molecule has 0 amide bonds. The van der Waals surface area contributed by atoms with Gasteiger partial charge in [-0.2, -0.15) is 0 Å². The van der Waals surface area contributed by atoms with Gasteiger partial charge in [0.05, 0.1) is 32.5 Å². The Labute approximate surface area is 173 Å². The van der Waals surface area contributed by atoms with Crippen LogP contribution in [0.4, 0.5) is 0 Å². The number of guanidine groups is 1. The van der Waals surface area contributed by atoms with E-state index in [1.54, 1.807) is 0 Å². The molecule has 0 spiro atoms. The molecule has 3 aliphatic heterocycles. The lowest BCUT2D eigenvalue weighted by molar-refractivity contribution is 0.0123. The van der Waals surface area contributed by atoms with Gasteiger partial charge in [0.25, 0.3) is 0 Å². The molecule has 4 heterocycles. The topological polar surface area (TPSA) is 65.7 Å². The van der Waals surface area contributed by atoms with E-state index in [1.807, 2.05) is 20.0 Å². The third-order valence-corrected chi connectivity index (χ3v) is 6.27. The van der Waals surface area contributed by atoms with E-state index < -0.39 is 0 Å². The van der Waals surface area contributed by atoms with Gasteiger partial charge in [-0.3, -0.25) is 14.8 Å². The minimum atomic E-state index is 0.182. The van der Waals surface area contributed by atoms with E-state index in [2.05, 4.69) is 31.1 Å². The monoisotopic (exact) mass is 405 g/mol. The zero-order chi connectivity index (χ0) is 20.1. The highest BCUT2D eigenvalue weighted by Gasteiger charge is 2.31. The number of nitrogens with one attached hydrogen (secondary N) is 1. The second-order valence-electron chi connectivity index (χ2n) is 8.08. The first-order valence-corrected chi connectivity index (χ1v) is 10.9. The molecule has 0 bridgehead atoms. The van der Waals surface area contributed by atoms with Crippen LogP contribution in [-0.4, -0.2) is 106 Å². The summed E-state index contributed by atoms with van der Waals surface area (Å²) in [6.45, 7) is 12.0. The van der Waals surface area contributed by atoms with Crippen LogP contribution in [-0.2, 0) is 9.47 Å².